The first-order valence-electron chi connectivity index (χ1n) is 8.63. The first-order chi connectivity index (χ1) is 12.0. The summed E-state index contributed by atoms with van der Waals surface area (Å²) in [5.74, 6) is -3.82. The highest BCUT2D eigenvalue weighted by Crippen LogP contribution is 2.58. The summed E-state index contributed by atoms with van der Waals surface area (Å²) in [6, 6.07) is 5.76. The van der Waals surface area contributed by atoms with E-state index in [9.17, 15) is 19.2 Å². The number of esters is 4. The van der Waals surface area contributed by atoms with Gasteiger partial charge in [0.15, 0.2) is 0 Å². The zero-order valence-corrected chi connectivity index (χ0v) is 13.4. The van der Waals surface area contributed by atoms with E-state index in [1.165, 1.54) is 0 Å². The third-order valence-electron chi connectivity index (χ3n) is 6.37. The van der Waals surface area contributed by atoms with Crippen LogP contribution in [0.15, 0.2) is 18.2 Å². The number of carbonyl (C=O) groups is 4. The molecule has 0 amide bonds. The van der Waals surface area contributed by atoms with Crippen LogP contribution in [0.5, 0.6) is 0 Å². The molecular weight excluding hydrogens is 324 g/mol. The Balaban J connectivity index is 1.76. The second-order valence-corrected chi connectivity index (χ2v) is 7.47. The standard InChI is InChI=1S/C19H16O6/c20-13-7-12(17(22)24-13)19-6-2-4-9-3-1-5-10(15(9)19)14-11(8-19)16(21)25-18(14)23/h1,3,5,11-12,14H,2,4,6-8H2. The van der Waals surface area contributed by atoms with Gasteiger partial charge in [0.1, 0.15) is 0 Å². The van der Waals surface area contributed by atoms with Gasteiger partial charge in [-0.15, -0.1) is 0 Å². The number of fused-ring (bicyclic) bond motifs is 2. The van der Waals surface area contributed by atoms with Gasteiger partial charge in [0.25, 0.3) is 0 Å². The van der Waals surface area contributed by atoms with E-state index in [0.717, 1.165) is 29.5 Å². The topological polar surface area (TPSA) is 86.7 Å². The molecule has 2 saturated heterocycles. The predicted molar refractivity (Wildman–Crippen MR) is 82.2 cm³/mol. The van der Waals surface area contributed by atoms with Gasteiger partial charge in [-0.05, 0) is 42.4 Å². The summed E-state index contributed by atoms with van der Waals surface area (Å²) in [4.78, 5) is 48.7. The first-order valence-corrected chi connectivity index (χ1v) is 8.63. The molecule has 1 aromatic carbocycles. The average molecular weight is 340 g/mol. The van der Waals surface area contributed by atoms with E-state index in [4.69, 9.17) is 9.47 Å². The number of cyclic esters (lactones) is 4. The fourth-order valence-electron chi connectivity index (χ4n) is 5.48. The van der Waals surface area contributed by atoms with Crippen LogP contribution in [-0.4, -0.2) is 23.9 Å². The Labute approximate surface area is 143 Å². The SMILES string of the molecule is O=C1CC(C23CCCc4cccc(c42)C2C(=O)OC(=O)C2C3)C(=O)O1. The third-order valence-corrected chi connectivity index (χ3v) is 6.37. The Hall–Kier alpha value is -2.50. The van der Waals surface area contributed by atoms with Crippen molar-refractivity contribution < 1.29 is 28.7 Å². The molecule has 4 aliphatic rings. The van der Waals surface area contributed by atoms with E-state index in [-0.39, 0.29) is 6.42 Å². The van der Waals surface area contributed by atoms with Crippen molar-refractivity contribution in [1.82, 2.24) is 0 Å². The molecular formula is C19H16O6. The van der Waals surface area contributed by atoms with Gasteiger partial charge < -0.3 is 9.47 Å². The molecule has 0 spiro atoms. The number of rotatable bonds is 1. The molecule has 4 atom stereocenters. The molecule has 2 heterocycles. The number of hydrogen-bond acceptors (Lipinski definition) is 6. The van der Waals surface area contributed by atoms with Gasteiger partial charge in [-0.2, -0.15) is 0 Å². The molecule has 25 heavy (non-hydrogen) atoms. The van der Waals surface area contributed by atoms with Gasteiger partial charge in [-0.1, -0.05) is 18.2 Å². The number of hydrogen-bond donors (Lipinski definition) is 0. The molecule has 0 radical (unpaired) electrons. The van der Waals surface area contributed by atoms with Crippen LogP contribution >= 0.6 is 0 Å². The smallest absolute Gasteiger partial charge is 0.321 e. The molecule has 2 aliphatic carbocycles. The highest BCUT2D eigenvalue weighted by molar-refractivity contribution is 6.01. The Morgan fingerprint density at radius 1 is 1.00 bits per heavy atom. The zero-order valence-electron chi connectivity index (χ0n) is 13.4. The first kappa shape index (κ1) is 14.8. The maximum absolute atomic E-state index is 12.4. The number of aryl methyl sites for hydroxylation is 1. The van der Waals surface area contributed by atoms with Crippen molar-refractivity contribution in [2.24, 2.45) is 11.8 Å². The molecule has 6 nitrogen and oxygen atoms in total. The second-order valence-electron chi connectivity index (χ2n) is 7.47. The lowest BCUT2D eigenvalue weighted by atomic mass is 9.53. The Morgan fingerprint density at radius 3 is 2.60 bits per heavy atom. The molecule has 0 saturated carbocycles. The van der Waals surface area contributed by atoms with Crippen LogP contribution in [0.4, 0.5) is 0 Å². The van der Waals surface area contributed by atoms with Crippen molar-refractivity contribution in [3.8, 4) is 0 Å². The largest absolute Gasteiger partial charge is 0.393 e. The fourth-order valence-corrected chi connectivity index (χ4v) is 5.48. The lowest BCUT2D eigenvalue weighted by molar-refractivity contribution is -0.156. The average Bonchev–Trinajstić information content (AvgIpc) is 3.07. The Morgan fingerprint density at radius 2 is 1.84 bits per heavy atom. The van der Waals surface area contributed by atoms with E-state index >= 15 is 0 Å². The minimum atomic E-state index is -0.627. The van der Waals surface area contributed by atoms with Crippen LogP contribution in [-0.2, 0) is 40.5 Å². The minimum Gasteiger partial charge on any atom is -0.393 e. The highest BCUT2D eigenvalue weighted by Gasteiger charge is 2.61. The molecule has 0 aromatic heterocycles. The molecule has 5 rings (SSSR count). The van der Waals surface area contributed by atoms with E-state index in [1.54, 1.807) is 0 Å². The Bertz CT molecular complexity index is 855. The second kappa shape index (κ2) is 4.77. The maximum atomic E-state index is 12.4. The van der Waals surface area contributed by atoms with Gasteiger partial charge in [0, 0.05) is 5.41 Å². The highest BCUT2D eigenvalue weighted by atomic mass is 16.6. The van der Waals surface area contributed by atoms with Gasteiger partial charge in [0.05, 0.1) is 24.2 Å². The molecule has 1 aromatic rings. The van der Waals surface area contributed by atoms with Crippen molar-refractivity contribution in [3.63, 3.8) is 0 Å². The molecule has 6 heteroatoms. The van der Waals surface area contributed by atoms with Crippen molar-refractivity contribution in [2.75, 3.05) is 0 Å². The zero-order chi connectivity index (χ0) is 17.3. The number of ether oxygens (including phenoxy) is 2. The van der Waals surface area contributed by atoms with Crippen LogP contribution < -0.4 is 0 Å². The normalized spacial score (nSPS) is 35.9. The van der Waals surface area contributed by atoms with Crippen LogP contribution in [0.1, 0.15) is 48.3 Å². The lowest BCUT2D eigenvalue weighted by Crippen LogP contribution is -2.47. The third kappa shape index (κ3) is 1.79. The lowest BCUT2D eigenvalue weighted by Gasteiger charge is -2.48. The van der Waals surface area contributed by atoms with Crippen LogP contribution in [0, 0.1) is 11.8 Å². The summed E-state index contributed by atoms with van der Waals surface area (Å²) < 4.78 is 9.74. The van der Waals surface area contributed by atoms with E-state index in [0.29, 0.717) is 12.8 Å². The van der Waals surface area contributed by atoms with Crippen LogP contribution in [0.2, 0.25) is 0 Å². The number of benzene rings is 1. The van der Waals surface area contributed by atoms with Gasteiger partial charge in [0.2, 0.25) is 0 Å². The van der Waals surface area contributed by atoms with Crippen molar-refractivity contribution in [2.45, 2.75) is 43.4 Å². The van der Waals surface area contributed by atoms with Crippen LogP contribution in [0.3, 0.4) is 0 Å². The monoisotopic (exact) mass is 340 g/mol. The maximum Gasteiger partial charge on any atom is 0.321 e. The molecule has 0 N–H and O–H groups in total. The molecule has 4 unspecified atom stereocenters. The summed E-state index contributed by atoms with van der Waals surface area (Å²) in [5.41, 5.74) is 2.24. The molecule has 0 bridgehead atoms. The fraction of sp³-hybridized carbons (Fsp3) is 0.474. The summed E-state index contributed by atoms with van der Waals surface area (Å²) in [6.07, 6.45) is 2.83. The van der Waals surface area contributed by atoms with Crippen molar-refractivity contribution in [1.29, 1.82) is 0 Å². The van der Waals surface area contributed by atoms with E-state index in [1.807, 2.05) is 18.2 Å². The quantitative estimate of drug-likeness (QED) is 0.569. The molecule has 128 valence electrons. The van der Waals surface area contributed by atoms with E-state index < -0.39 is 47.0 Å². The minimum absolute atomic E-state index is 0.0347. The number of carbonyl (C=O) groups excluding carboxylic acids is 4. The van der Waals surface area contributed by atoms with Gasteiger partial charge >= 0.3 is 23.9 Å². The van der Waals surface area contributed by atoms with E-state index in [2.05, 4.69) is 0 Å². The summed E-state index contributed by atoms with van der Waals surface area (Å²) in [6.45, 7) is 0. The summed E-state index contributed by atoms with van der Waals surface area (Å²) >= 11 is 0. The van der Waals surface area contributed by atoms with Crippen LogP contribution in [0.25, 0.3) is 0 Å². The summed E-state index contributed by atoms with van der Waals surface area (Å²) in [7, 11) is 0. The predicted octanol–water partition coefficient (Wildman–Crippen LogP) is 1.54. The Kier molecular flexibility index (Phi) is 2.83. The van der Waals surface area contributed by atoms with Crippen molar-refractivity contribution in [3.05, 3.63) is 34.9 Å². The molecule has 2 fully saturated rings. The summed E-state index contributed by atoms with van der Waals surface area (Å²) in [5, 5.41) is 0. The van der Waals surface area contributed by atoms with Gasteiger partial charge in [-0.3, -0.25) is 19.2 Å². The van der Waals surface area contributed by atoms with Crippen molar-refractivity contribution >= 4 is 23.9 Å². The van der Waals surface area contributed by atoms with Gasteiger partial charge in [-0.25, -0.2) is 0 Å². The molecule has 2 aliphatic heterocycles.